The first-order chi connectivity index (χ1) is 30.8. The van der Waals surface area contributed by atoms with Gasteiger partial charge in [0.25, 0.3) is 0 Å². The summed E-state index contributed by atoms with van der Waals surface area (Å²) >= 11 is 0. The van der Waals surface area contributed by atoms with E-state index in [0.29, 0.717) is 0 Å². The van der Waals surface area contributed by atoms with Crippen LogP contribution in [0.1, 0.15) is 0 Å². The van der Waals surface area contributed by atoms with Crippen LogP contribution in [0, 0.1) is 0 Å². The van der Waals surface area contributed by atoms with Crippen LogP contribution in [0.25, 0.3) is 83.1 Å². The summed E-state index contributed by atoms with van der Waals surface area (Å²) in [4.78, 5) is 2.41. The fourth-order valence-electron chi connectivity index (χ4n) is 9.10. The smallest absolute Gasteiger partial charge is 0.0541 e. The number of aromatic nitrogens is 1. The van der Waals surface area contributed by atoms with E-state index in [1.54, 1.807) is 0 Å². The molecule has 0 amide bonds. The zero-order valence-corrected chi connectivity index (χ0v) is 34.1. The Balaban J connectivity index is 1.04. The van der Waals surface area contributed by atoms with Crippen molar-refractivity contribution in [3.05, 3.63) is 255 Å². The van der Waals surface area contributed by atoms with Crippen LogP contribution in [0.2, 0.25) is 0 Å². The maximum Gasteiger partial charge on any atom is 0.0541 e. The molecule has 0 aliphatic rings. The largest absolute Gasteiger partial charge is 0.310 e. The van der Waals surface area contributed by atoms with Crippen molar-refractivity contribution in [2.45, 2.75) is 0 Å². The van der Waals surface area contributed by atoms with Crippen molar-refractivity contribution in [3.8, 4) is 61.3 Å². The summed E-state index contributed by atoms with van der Waals surface area (Å²) in [6.07, 6.45) is 0. The number of fused-ring (bicyclic) bond motifs is 3. The van der Waals surface area contributed by atoms with Crippen LogP contribution in [-0.4, -0.2) is 4.57 Å². The fraction of sp³-hybridized carbons (Fsp3) is 0. The summed E-state index contributed by atoms with van der Waals surface area (Å²) in [6, 6.07) is 92.0. The molecule has 10 aromatic carbocycles. The molecular formula is C60H42N2. The second kappa shape index (κ2) is 16.1. The minimum Gasteiger partial charge on any atom is -0.310 e. The normalized spacial score (nSPS) is 11.2. The molecule has 2 nitrogen and oxygen atoms in total. The van der Waals surface area contributed by atoms with E-state index in [4.69, 9.17) is 0 Å². The summed E-state index contributed by atoms with van der Waals surface area (Å²) in [7, 11) is 0. The van der Waals surface area contributed by atoms with Crippen LogP contribution < -0.4 is 4.90 Å². The quantitative estimate of drug-likeness (QED) is 0.141. The molecule has 0 aliphatic carbocycles. The van der Waals surface area contributed by atoms with Crippen molar-refractivity contribution < 1.29 is 0 Å². The van der Waals surface area contributed by atoms with Crippen molar-refractivity contribution in [2.24, 2.45) is 0 Å². The average molecular weight is 791 g/mol. The van der Waals surface area contributed by atoms with Gasteiger partial charge in [-0.05, 0) is 105 Å². The van der Waals surface area contributed by atoms with Crippen molar-refractivity contribution in [2.75, 3.05) is 4.90 Å². The molecule has 0 spiro atoms. The Morgan fingerprint density at radius 3 is 1.15 bits per heavy atom. The van der Waals surface area contributed by atoms with E-state index in [-0.39, 0.29) is 0 Å². The highest BCUT2D eigenvalue weighted by Gasteiger charge is 2.21. The Labute approximate surface area is 362 Å². The van der Waals surface area contributed by atoms with E-state index in [9.17, 15) is 0 Å². The molecule has 2 heteroatoms. The van der Waals surface area contributed by atoms with Gasteiger partial charge in [-0.2, -0.15) is 0 Å². The molecular weight excluding hydrogens is 749 g/mol. The van der Waals surface area contributed by atoms with E-state index in [1.165, 1.54) is 71.9 Å². The third-order valence-corrected chi connectivity index (χ3v) is 12.1. The molecule has 0 saturated heterocycles. The molecule has 0 saturated carbocycles. The standard InChI is InChI=1S/C60H42N2/c1-3-17-43(18-4-1)45-31-33-47(34-32-45)51-21-7-8-22-52(51)53-23-9-10-24-54(53)55-25-11-14-28-58(55)61(48-37-35-46(36-38-48)44-19-5-2-6-20-44)49-39-41-50(42-40-49)62-59-29-15-12-26-56(59)57-27-13-16-30-60(57)62/h1-42H. The number of para-hydroxylation sites is 3. The summed E-state index contributed by atoms with van der Waals surface area (Å²) < 4.78 is 2.38. The lowest BCUT2D eigenvalue weighted by Gasteiger charge is -2.29. The summed E-state index contributed by atoms with van der Waals surface area (Å²) in [5.74, 6) is 0. The summed E-state index contributed by atoms with van der Waals surface area (Å²) in [6.45, 7) is 0. The molecule has 11 aromatic rings. The molecule has 11 rings (SSSR count). The number of hydrogen-bond acceptors (Lipinski definition) is 1. The topological polar surface area (TPSA) is 8.17 Å². The maximum atomic E-state index is 2.41. The number of benzene rings is 10. The van der Waals surface area contributed by atoms with Crippen molar-refractivity contribution in [1.29, 1.82) is 0 Å². The lowest BCUT2D eigenvalue weighted by atomic mass is 9.88. The van der Waals surface area contributed by atoms with Crippen LogP contribution in [0.5, 0.6) is 0 Å². The predicted molar refractivity (Wildman–Crippen MR) is 263 cm³/mol. The molecule has 0 atom stereocenters. The van der Waals surface area contributed by atoms with Gasteiger partial charge in [0.15, 0.2) is 0 Å². The molecule has 0 fully saturated rings. The summed E-state index contributed by atoms with van der Waals surface area (Å²) in [5.41, 5.74) is 18.7. The number of anilines is 3. The first-order valence-corrected chi connectivity index (χ1v) is 21.3. The minimum atomic E-state index is 1.07. The first-order valence-electron chi connectivity index (χ1n) is 21.3. The van der Waals surface area contributed by atoms with E-state index < -0.39 is 0 Å². The predicted octanol–water partition coefficient (Wildman–Crippen LogP) is 16.6. The minimum absolute atomic E-state index is 1.07. The summed E-state index contributed by atoms with van der Waals surface area (Å²) in [5, 5.41) is 2.51. The van der Waals surface area contributed by atoms with Crippen molar-refractivity contribution >= 4 is 38.9 Å². The molecule has 1 aromatic heterocycles. The van der Waals surface area contributed by atoms with Gasteiger partial charge in [0.2, 0.25) is 0 Å². The Morgan fingerprint density at radius 2 is 0.597 bits per heavy atom. The van der Waals surface area contributed by atoms with Crippen LogP contribution in [0.3, 0.4) is 0 Å². The van der Waals surface area contributed by atoms with Gasteiger partial charge in [0.05, 0.1) is 16.7 Å². The average Bonchev–Trinajstić information content (AvgIpc) is 3.70. The Kier molecular flexibility index (Phi) is 9.57. The van der Waals surface area contributed by atoms with Crippen LogP contribution >= 0.6 is 0 Å². The van der Waals surface area contributed by atoms with Gasteiger partial charge in [-0.25, -0.2) is 0 Å². The first kappa shape index (κ1) is 36.8. The van der Waals surface area contributed by atoms with Crippen LogP contribution in [0.4, 0.5) is 17.1 Å². The van der Waals surface area contributed by atoms with Gasteiger partial charge in [0, 0.05) is 33.4 Å². The highest BCUT2D eigenvalue weighted by molar-refractivity contribution is 6.09. The molecule has 0 aliphatic heterocycles. The second-order valence-corrected chi connectivity index (χ2v) is 15.7. The van der Waals surface area contributed by atoms with Crippen molar-refractivity contribution in [1.82, 2.24) is 4.57 Å². The second-order valence-electron chi connectivity index (χ2n) is 15.7. The molecule has 0 N–H and O–H groups in total. The van der Waals surface area contributed by atoms with Crippen molar-refractivity contribution in [3.63, 3.8) is 0 Å². The monoisotopic (exact) mass is 790 g/mol. The van der Waals surface area contributed by atoms with Gasteiger partial charge >= 0.3 is 0 Å². The third kappa shape index (κ3) is 6.74. The van der Waals surface area contributed by atoms with E-state index in [1.807, 2.05) is 0 Å². The van der Waals surface area contributed by atoms with Crippen LogP contribution in [0.15, 0.2) is 255 Å². The van der Waals surface area contributed by atoms with E-state index >= 15 is 0 Å². The lowest BCUT2D eigenvalue weighted by Crippen LogP contribution is -2.11. The Bertz CT molecular complexity index is 3260. The van der Waals surface area contributed by atoms with Crippen LogP contribution in [-0.2, 0) is 0 Å². The zero-order valence-electron chi connectivity index (χ0n) is 34.1. The highest BCUT2D eigenvalue weighted by atomic mass is 15.1. The molecule has 0 bridgehead atoms. The Morgan fingerprint density at radius 1 is 0.242 bits per heavy atom. The van der Waals surface area contributed by atoms with Gasteiger partial charge in [-0.3, -0.25) is 0 Å². The van der Waals surface area contributed by atoms with E-state index in [2.05, 4.69) is 264 Å². The lowest BCUT2D eigenvalue weighted by molar-refractivity contribution is 1.17. The third-order valence-electron chi connectivity index (χ3n) is 12.1. The Hall–Kier alpha value is -8.20. The molecule has 292 valence electrons. The number of rotatable bonds is 9. The molecule has 1 heterocycles. The van der Waals surface area contributed by atoms with Gasteiger partial charge in [-0.15, -0.1) is 0 Å². The number of hydrogen-bond donors (Lipinski definition) is 0. The molecule has 0 unspecified atom stereocenters. The number of nitrogens with zero attached hydrogens (tertiary/aromatic N) is 2. The SMILES string of the molecule is c1ccc(-c2ccc(-c3ccccc3-c3ccccc3-c3ccccc3N(c3ccc(-c4ccccc4)cc3)c3ccc(-n4c5ccccc5c5ccccc54)cc3)cc2)cc1. The van der Waals surface area contributed by atoms with Gasteiger partial charge < -0.3 is 9.47 Å². The van der Waals surface area contributed by atoms with Gasteiger partial charge in [-0.1, -0.05) is 200 Å². The highest BCUT2D eigenvalue weighted by Crippen LogP contribution is 2.46. The van der Waals surface area contributed by atoms with Gasteiger partial charge in [0.1, 0.15) is 0 Å². The molecule has 0 radical (unpaired) electrons. The van der Waals surface area contributed by atoms with E-state index in [0.717, 1.165) is 28.3 Å². The fourth-order valence-corrected chi connectivity index (χ4v) is 9.10. The molecule has 62 heavy (non-hydrogen) atoms. The maximum absolute atomic E-state index is 2.41. The zero-order chi connectivity index (χ0) is 41.2.